The highest BCUT2D eigenvalue weighted by atomic mass is 32.2. The fourth-order valence-electron chi connectivity index (χ4n) is 2.39. The number of halogens is 6. The Hall–Kier alpha value is -1.76. The highest BCUT2D eigenvalue weighted by Crippen LogP contribution is 2.37. The molecule has 12 heteroatoms. The Bertz CT molecular complexity index is 1140. The van der Waals surface area contributed by atoms with Gasteiger partial charge in [-0.2, -0.15) is 26.3 Å². The lowest BCUT2D eigenvalue weighted by atomic mass is 10.2. The Labute approximate surface area is 171 Å². The SMILES string of the molecule is FC(F)(F)c1cccc2[nH]c(=S)sc12.FC(F)(F)c1cccc2[nH]c(=S)sc12. The molecule has 0 radical (unpaired) electrons. The standard InChI is InChI=1S/2C8H4F3NS2/c2*9-8(10,11)4-2-1-3-5-6(4)14-7(13)12-5/h2*1-3H,(H,12,13). The summed E-state index contributed by atoms with van der Waals surface area (Å²) in [6.07, 6.45) is -8.64. The van der Waals surface area contributed by atoms with Crippen molar-refractivity contribution in [3.05, 3.63) is 55.4 Å². The molecule has 2 N–H and O–H groups in total. The van der Waals surface area contributed by atoms with Crippen LogP contribution in [0.1, 0.15) is 11.1 Å². The topological polar surface area (TPSA) is 31.6 Å². The molecule has 0 bridgehead atoms. The van der Waals surface area contributed by atoms with Gasteiger partial charge in [0, 0.05) is 0 Å². The molecule has 0 spiro atoms. The number of hydrogen-bond acceptors (Lipinski definition) is 4. The zero-order valence-electron chi connectivity index (χ0n) is 13.4. The molecule has 0 unspecified atom stereocenters. The molecule has 148 valence electrons. The smallest absolute Gasteiger partial charge is 0.337 e. The Morgan fingerprint density at radius 1 is 0.643 bits per heavy atom. The molecule has 2 heterocycles. The van der Waals surface area contributed by atoms with Crippen molar-refractivity contribution in [3.8, 4) is 0 Å². The Kier molecular flexibility index (Phi) is 5.67. The third-order valence-corrected chi connectivity index (χ3v) is 6.07. The van der Waals surface area contributed by atoms with Crippen molar-refractivity contribution < 1.29 is 26.3 Å². The summed E-state index contributed by atoms with van der Waals surface area (Å²) in [5.41, 5.74) is -0.385. The molecule has 2 aromatic carbocycles. The molecule has 0 fully saturated rings. The predicted molar refractivity (Wildman–Crippen MR) is 104 cm³/mol. The molecule has 0 aliphatic rings. The first kappa shape index (κ1) is 21.0. The minimum atomic E-state index is -4.32. The summed E-state index contributed by atoms with van der Waals surface area (Å²) in [7, 11) is 0. The van der Waals surface area contributed by atoms with Crippen LogP contribution in [0.25, 0.3) is 20.4 Å². The Morgan fingerprint density at radius 2 is 1.00 bits per heavy atom. The minimum absolute atomic E-state index is 0.171. The minimum Gasteiger partial charge on any atom is -0.337 e. The zero-order valence-corrected chi connectivity index (χ0v) is 16.6. The van der Waals surface area contributed by atoms with E-state index >= 15 is 0 Å². The van der Waals surface area contributed by atoms with Crippen LogP contribution in [0, 0.1) is 7.91 Å². The average Bonchev–Trinajstić information content (AvgIpc) is 3.12. The zero-order chi connectivity index (χ0) is 20.7. The molecular weight excluding hydrogens is 462 g/mol. The van der Waals surface area contributed by atoms with Crippen LogP contribution in [0.2, 0.25) is 0 Å². The first-order chi connectivity index (χ1) is 13.0. The number of alkyl halides is 6. The molecule has 0 saturated carbocycles. The van der Waals surface area contributed by atoms with Crippen molar-refractivity contribution >= 4 is 67.5 Å². The van der Waals surface area contributed by atoms with Gasteiger partial charge in [-0.1, -0.05) is 12.1 Å². The second-order valence-electron chi connectivity index (χ2n) is 5.39. The van der Waals surface area contributed by atoms with Crippen molar-refractivity contribution in [2.24, 2.45) is 0 Å². The summed E-state index contributed by atoms with van der Waals surface area (Å²) in [5.74, 6) is 0. The molecule has 0 atom stereocenters. The van der Waals surface area contributed by atoms with Gasteiger partial charge in [0.2, 0.25) is 0 Å². The van der Waals surface area contributed by atoms with Crippen LogP contribution in [0.15, 0.2) is 36.4 Å². The number of rotatable bonds is 0. The summed E-state index contributed by atoms with van der Waals surface area (Å²) >= 11 is 11.5. The number of fused-ring (bicyclic) bond motifs is 2. The lowest BCUT2D eigenvalue weighted by molar-refractivity contribution is -0.137. The van der Waals surface area contributed by atoms with E-state index in [9.17, 15) is 26.3 Å². The average molecular weight is 471 g/mol. The normalized spacial score (nSPS) is 12.2. The lowest BCUT2D eigenvalue weighted by Crippen LogP contribution is -2.04. The van der Waals surface area contributed by atoms with Gasteiger partial charge in [0.05, 0.1) is 31.6 Å². The number of nitrogens with one attached hydrogen (secondary N) is 2. The maximum atomic E-state index is 12.5. The summed E-state index contributed by atoms with van der Waals surface area (Å²) in [4.78, 5) is 5.41. The molecule has 2 nitrogen and oxygen atoms in total. The largest absolute Gasteiger partial charge is 0.417 e. The maximum absolute atomic E-state index is 12.5. The molecule has 4 rings (SSSR count). The van der Waals surface area contributed by atoms with E-state index in [0.29, 0.717) is 18.9 Å². The highest BCUT2D eigenvalue weighted by molar-refractivity contribution is 7.74. The summed E-state index contributed by atoms with van der Waals surface area (Å²) in [5, 5.41) is 0. The first-order valence-corrected chi connectivity index (χ1v) is 9.80. The van der Waals surface area contributed by atoms with Crippen LogP contribution in [-0.2, 0) is 12.4 Å². The van der Waals surface area contributed by atoms with E-state index in [4.69, 9.17) is 24.4 Å². The van der Waals surface area contributed by atoms with Gasteiger partial charge in [-0.3, -0.25) is 0 Å². The van der Waals surface area contributed by atoms with E-state index in [2.05, 4.69) is 9.97 Å². The lowest BCUT2D eigenvalue weighted by Gasteiger charge is -2.06. The first-order valence-electron chi connectivity index (χ1n) is 7.35. The molecule has 0 saturated heterocycles. The van der Waals surface area contributed by atoms with Gasteiger partial charge in [-0.15, -0.1) is 22.7 Å². The second-order valence-corrected chi connectivity index (χ2v) is 8.76. The number of H-pyrrole nitrogens is 2. The van der Waals surface area contributed by atoms with Crippen molar-refractivity contribution in [1.29, 1.82) is 0 Å². The molecule has 0 aliphatic carbocycles. The van der Waals surface area contributed by atoms with Crippen LogP contribution >= 0.6 is 47.1 Å². The molecule has 2 aromatic heterocycles. The fourth-order valence-corrected chi connectivity index (χ4v) is 4.85. The van der Waals surface area contributed by atoms with Crippen LogP contribution < -0.4 is 0 Å². The molecule has 28 heavy (non-hydrogen) atoms. The van der Waals surface area contributed by atoms with Crippen LogP contribution in [-0.4, -0.2) is 9.97 Å². The molecular formula is C16H8F6N2S4. The quantitative estimate of drug-likeness (QED) is 0.202. The van der Waals surface area contributed by atoms with Crippen molar-refractivity contribution in [1.82, 2.24) is 9.97 Å². The monoisotopic (exact) mass is 470 g/mol. The van der Waals surface area contributed by atoms with Gasteiger partial charge < -0.3 is 9.97 Å². The van der Waals surface area contributed by atoms with Gasteiger partial charge in [0.1, 0.15) is 0 Å². The number of benzene rings is 2. The van der Waals surface area contributed by atoms with Crippen LogP contribution in [0.5, 0.6) is 0 Å². The highest BCUT2D eigenvalue weighted by Gasteiger charge is 2.33. The molecule has 4 aromatic rings. The van der Waals surface area contributed by atoms with Gasteiger partial charge >= 0.3 is 12.4 Å². The van der Waals surface area contributed by atoms with E-state index in [0.717, 1.165) is 34.8 Å². The third-order valence-electron chi connectivity index (χ3n) is 3.50. The van der Waals surface area contributed by atoms with Gasteiger partial charge in [0.15, 0.2) is 7.91 Å². The van der Waals surface area contributed by atoms with E-state index in [1.165, 1.54) is 12.1 Å². The van der Waals surface area contributed by atoms with E-state index < -0.39 is 23.5 Å². The Balaban J connectivity index is 0.000000161. The second kappa shape index (κ2) is 7.58. The fraction of sp³-hybridized carbons (Fsp3) is 0.125. The van der Waals surface area contributed by atoms with E-state index in [-0.39, 0.29) is 9.40 Å². The van der Waals surface area contributed by atoms with Gasteiger partial charge in [0.25, 0.3) is 0 Å². The maximum Gasteiger partial charge on any atom is 0.417 e. The third kappa shape index (κ3) is 4.45. The van der Waals surface area contributed by atoms with E-state index in [1.807, 2.05) is 0 Å². The Morgan fingerprint density at radius 3 is 1.32 bits per heavy atom. The van der Waals surface area contributed by atoms with E-state index in [1.54, 1.807) is 12.1 Å². The predicted octanol–water partition coefficient (Wildman–Crippen LogP) is 7.96. The van der Waals surface area contributed by atoms with Crippen molar-refractivity contribution in [2.45, 2.75) is 12.4 Å². The number of aromatic nitrogens is 2. The van der Waals surface area contributed by atoms with Crippen molar-refractivity contribution in [3.63, 3.8) is 0 Å². The number of hydrogen-bond donors (Lipinski definition) is 2. The van der Waals surface area contributed by atoms with Crippen LogP contribution in [0.3, 0.4) is 0 Å². The van der Waals surface area contributed by atoms with Gasteiger partial charge in [-0.25, -0.2) is 0 Å². The summed E-state index contributed by atoms with van der Waals surface area (Å²) in [6, 6.07) is 8.00. The van der Waals surface area contributed by atoms with Gasteiger partial charge in [-0.05, 0) is 48.7 Å². The van der Waals surface area contributed by atoms with Crippen LogP contribution in [0.4, 0.5) is 26.3 Å². The number of thiazole rings is 2. The van der Waals surface area contributed by atoms with Crippen molar-refractivity contribution in [2.75, 3.05) is 0 Å². The summed E-state index contributed by atoms with van der Waals surface area (Å²) < 4.78 is 76.0. The molecule has 0 amide bonds. The molecule has 0 aliphatic heterocycles. The summed E-state index contributed by atoms with van der Waals surface area (Å²) in [6.45, 7) is 0. The number of aromatic amines is 2.